The highest BCUT2D eigenvalue weighted by atomic mass is 16.4. The minimum Gasteiger partial charge on any atom is -0.481 e. The van der Waals surface area contributed by atoms with Crippen LogP contribution in [0, 0.1) is 16.7 Å². The molecule has 0 radical (unpaired) electrons. The van der Waals surface area contributed by atoms with Gasteiger partial charge in [0.15, 0.2) is 0 Å². The molecule has 0 amide bonds. The highest BCUT2D eigenvalue weighted by molar-refractivity contribution is 5.87. The minimum absolute atomic E-state index is 0.0974. The van der Waals surface area contributed by atoms with E-state index in [2.05, 4.69) is 6.92 Å². The fraction of sp³-hybridized carbons (Fsp3) is 0.895. The molecule has 3 atom stereocenters. The zero-order valence-electron chi connectivity index (χ0n) is 15.1. The van der Waals surface area contributed by atoms with Gasteiger partial charge in [0.1, 0.15) is 0 Å². The lowest BCUT2D eigenvalue weighted by Crippen LogP contribution is -2.57. The molecule has 4 nitrogen and oxygen atoms in total. The summed E-state index contributed by atoms with van der Waals surface area (Å²) in [6.07, 6.45) is 9.04. The first-order valence-corrected chi connectivity index (χ1v) is 9.35. The predicted octanol–water partition coefficient (Wildman–Crippen LogP) is 5.11. The molecule has 0 aromatic carbocycles. The summed E-state index contributed by atoms with van der Waals surface area (Å²) in [5.74, 6) is -1.89. The van der Waals surface area contributed by atoms with E-state index in [-0.39, 0.29) is 5.92 Å². The van der Waals surface area contributed by atoms with Crippen molar-refractivity contribution in [3.63, 3.8) is 0 Å². The quantitative estimate of drug-likeness (QED) is 0.547. The molecule has 1 rings (SSSR count). The lowest BCUT2D eigenvalue weighted by atomic mass is 9.49. The van der Waals surface area contributed by atoms with Crippen LogP contribution in [0.5, 0.6) is 0 Å². The van der Waals surface area contributed by atoms with E-state index >= 15 is 0 Å². The molecule has 0 bridgehead atoms. The maximum Gasteiger partial charge on any atom is 0.311 e. The van der Waals surface area contributed by atoms with Gasteiger partial charge in [-0.3, -0.25) is 9.59 Å². The molecule has 0 heterocycles. The van der Waals surface area contributed by atoms with Crippen molar-refractivity contribution in [2.24, 2.45) is 16.7 Å². The molecule has 3 unspecified atom stereocenters. The number of hydrogen-bond donors (Lipinski definition) is 2. The van der Waals surface area contributed by atoms with Crippen LogP contribution in [0.25, 0.3) is 0 Å². The number of carbonyl (C=O) groups is 2. The third-order valence-corrected chi connectivity index (χ3v) is 6.08. The largest absolute Gasteiger partial charge is 0.481 e. The first kappa shape index (κ1) is 20.0. The molecule has 0 aromatic heterocycles. The van der Waals surface area contributed by atoms with Gasteiger partial charge in [0.05, 0.1) is 10.8 Å². The first-order chi connectivity index (χ1) is 10.9. The van der Waals surface area contributed by atoms with Crippen LogP contribution in [0.1, 0.15) is 91.4 Å². The van der Waals surface area contributed by atoms with Crippen LogP contribution in [0.2, 0.25) is 0 Å². The van der Waals surface area contributed by atoms with Gasteiger partial charge in [0, 0.05) is 0 Å². The van der Waals surface area contributed by atoms with Crippen molar-refractivity contribution in [3.05, 3.63) is 0 Å². The van der Waals surface area contributed by atoms with Crippen molar-refractivity contribution in [3.8, 4) is 0 Å². The van der Waals surface area contributed by atoms with Crippen LogP contribution >= 0.6 is 0 Å². The Bertz CT molecular complexity index is 402. The van der Waals surface area contributed by atoms with Crippen molar-refractivity contribution in [2.45, 2.75) is 91.4 Å². The third kappa shape index (κ3) is 3.72. The molecule has 0 spiro atoms. The van der Waals surface area contributed by atoms with Gasteiger partial charge in [-0.25, -0.2) is 0 Å². The molecule has 1 fully saturated rings. The molecular formula is C19H34O4. The number of aliphatic carboxylic acids is 2. The van der Waals surface area contributed by atoms with Gasteiger partial charge in [-0.15, -0.1) is 0 Å². The highest BCUT2D eigenvalue weighted by Gasteiger charge is 2.63. The predicted molar refractivity (Wildman–Crippen MR) is 91.4 cm³/mol. The molecule has 1 aliphatic rings. The van der Waals surface area contributed by atoms with Crippen molar-refractivity contribution >= 4 is 11.9 Å². The second-order valence-electron chi connectivity index (χ2n) is 7.37. The summed E-state index contributed by atoms with van der Waals surface area (Å²) in [6.45, 7) is 6.08. The van der Waals surface area contributed by atoms with E-state index in [4.69, 9.17) is 0 Å². The van der Waals surface area contributed by atoms with E-state index in [9.17, 15) is 19.8 Å². The Balaban J connectivity index is 3.14. The van der Waals surface area contributed by atoms with E-state index in [0.717, 1.165) is 44.9 Å². The van der Waals surface area contributed by atoms with E-state index in [1.165, 1.54) is 0 Å². The molecule has 1 aliphatic carbocycles. The molecule has 0 aromatic rings. The molecule has 2 N–H and O–H groups in total. The lowest BCUT2D eigenvalue weighted by molar-refractivity contribution is -0.188. The first-order valence-electron chi connectivity index (χ1n) is 9.35. The average Bonchev–Trinajstić information content (AvgIpc) is 2.51. The summed E-state index contributed by atoms with van der Waals surface area (Å²) >= 11 is 0. The maximum absolute atomic E-state index is 12.3. The Morgan fingerprint density at radius 3 is 2.13 bits per heavy atom. The summed E-state index contributed by atoms with van der Waals surface area (Å²) in [4.78, 5) is 24.5. The Kier molecular flexibility index (Phi) is 7.56. The van der Waals surface area contributed by atoms with Gasteiger partial charge in [-0.05, 0) is 31.6 Å². The van der Waals surface area contributed by atoms with E-state index in [1.54, 1.807) is 0 Å². The van der Waals surface area contributed by atoms with E-state index < -0.39 is 22.8 Å². The van der Waals surface area contributed by atoms with Crippen LogP contribution in [0.3, 0.4) is 0 Å². The van der Waals surface area contributed by atoms with Crippen LogP contribution in [-0.2, 0) is 9.59 Å². The highest BCUT2D eigenvalue weighted by Crippen LogP contribution is 2.58. The standard InChI is InChI=1S/C19H34O4/c1-4-6-7-8-11-15(3)19(17(22)23)14-10-9-13-18(19,12-5-2)16(20)21/h15H,4-14H2,1-3H3,(H,20,21)(H,22,23). The number of carboxylic acids is 2. The third-order valence-electron chi connectivity index (χ3n) is 6.08. The fourth-order valence-electron chi connectivity index (χ4n) is 4.84. The topological polar surface area (TPSA) is 74.6 Å². The van der Waals surface area contributed by atoms with Crippen molar-refractivity contribution in [1.82, 2.24) is 0 Å². The van der Waals surface area contributed by atoms with E-state index in [0.29, 0.717) is 25.7 Å². The van der Waals surface area contributed by atoms with Crippen molar-refractivity contribution < 1.29 is 19.8 Å². The number of unbranched alkanes of at least 4 members (excludes halogenated alkanes) is 3. The summed E-state index contributed by atoms with van der Waals surface area (Å²) in [5.41, 5.74) is -2.21. The summed E-state index contributed by atoms with van der Waals surface area (Å²) < 4.78 is 0. The summed E-state index contributed by atoms with van der Waals surface area (Å²) in [7, 11) is 0. The smallest absolute Gasteiger partial charge is 0.311 e. The minimum atomic E-state index is -1.11. The van der Waals surface area contributed by atoms with Crippen LogP contribution in [0.4, 0.5) is 0 Å². The molecule has 0 saturated heterocycles. The molecule has 0 aliphatic heterocycles. The van der Waals surface area contributed by atoms with Gasteiger partial charge < -0.3 is 10.2 Å². The normalized spacial score (nSPS) is 29.2. The molecule has 134 valence electrons. The van der Waals surface area contributed by atoms with Gasteiger partial charge in [-0.1, -0.05) is 65.7 Å². The zero-order valence-corrected chi connectivity index (χ0v) is 15.1. The van der Waals surface area contributed by atoms with Crippen LogP contribution in [0.15, 0.2) is 0 Å². The molecule has 1 saturated carbocycles. The SMILES string of the molecule is CCCCCCC(C)C1(C(=O)O)CCCCC1(CCC)C(=O)O. The second-order valence-corrected chi connectivity index (χ2v) is 7.37. The van der Waals surface area contributed by atoms with Gasteiger partial charge in [0.25, 0.3) is 0 Å². The lowest BCUT2D eigenvalue weighted by Gasteiger charge is -2.51. The van der Waals surface area contributed by atoms with Crippen molar-refractivity contribution in [1.29, 1.82) is 0 Å². The zero-order chi connectivity index (χ0) is 17.5. The fourth-order valence-corrected chi connectivity index (χ4v) is 4.84. The maximum atomic E-state index is 12.3. The Morgan fingerprint density at radius 2 is 1.61 bits per heavy atom. The number of carboxylic acid groups (broad SMARTS) is 2. The van der Waals surface area contributed by atoms with E-state index in [1.807, 2.05) is 13.8 Å². The molecular weight excluding hydrogens is 292 g/mol. The molecule has 23 heavy (non-hydrogen) atoms. The van der Waals surface area contributed by atoms with Gasteiger partial charge in [0.2, 0.25) is 0 Å². The number of hydrogen-bond acceptors (Lipinski definition) is 2. The van der Waals surface area contributed by atoms with Gasteiger partial charge >= 0.3 is 11.9 Å². The number of rotatable bonds is 10. The average molecular weight is 326 g/mol. The van der Waals surface area contributed by atoms with Crippen molar-refractivity contribution in [2.75, 3.05) is 0 Å². The Morgan fingerprint density at radius 1 is 0.957 bits per heavy atom. The summed E-state index contributed by atoms with van der Waals surface area (Å²) in [6, 6.07) is 0. The summed E-state index contributed by atoms with van der Waals surface area (Å²) in [5, 5.41) is 20.1. The van der Waals surface area contributed by atoms with Crippen LogP contribution in [-0.4, -0.2) is 22.2 Å². The van der Waals surface area contributed by atoms with Gasteiger partial charge in [-0.2, -0.15) is 0 Å². The Labute approximate surface area is 140 Å². The second kappa shape index (κ2) is 8.70. The Hall–Kier alpha value is -1.06. The molecule has 4 heteroatoms. The van der Waals surface area contributed by atoms with Crippen LogP contribution < -0.4 is 0 Å². The monoisotopic (exact) mass is 326 g/mol.